The van der Waals surface area contributed by atoms with E-state index in [0.717, 1.165) is 11.3 Å². The van der Waals surface area contributed by atoms with Gasteiger partial charge in [0, 0.05) is 31.2 Å². The highest BCUT2D eigenvalue weighted by Crippen LogP contribution is 2.23. The van der Waals surface area contributed by atoms with Gasteiger partial charge in [-0.2, -0.15) is 0 Å². The first-order valence-corrected chi connectivity index (χ1v) is 8.00. The van der Waals surface area contributed by atoms with E-state index in [1.165, 1.54) is 6.07 Å². The van der Waals surface area contributed by atoms with Crippen LogP contribution in [-0.4, -0.2) is 24.1 Å². The van der Waals surface area contributed by atoms with E-state index in [0.29, 0.717) is 35.8 Å². The molecule has 24 heavy (non-hydrogen) atoms. The highest BCUT2D eigenvalue weighted by atomic mass is 35.5. The minimum Gasteiger partial charge on any atom is -0.383 e. The van der Waals surface area contributed by atoms with Crippen molar-refractivity contribution in [1.82, 2.24) is 10.3 Å². The number of carbonyl (C=O) groups is 1. The Morgan fingerprint density at radius 3 is 2.71 bits per heavy atom. The minimum absolute atomic E-state index is 0.346. The lowest BCUT2D eigenvalue weighted by molar-refractivity contribution is 0.252. The number of amides is 2. The summed E-state index contributed by atoms with van der Waals surface area (Å²) in [5.41, 5.74) is 2.78. The van der Waals surface area contributed by atoms with Gasteiger partial charge in [-0.25, -0.2) is 9.18 Å². The molecule has 2 aromatic rings. The monoisotopic (exact) mass is 350 g/mol. The van der Waals surface area contributed by atoms with E-state index >= 15 is 0 Å². The van der Waals surface area contributed by atoms with Crippen molar-refractivity contribution in [3.8, 4) is 0 Å². The molecule has 0 aliphatic carbocycles. The predicted molar refractivity (Wildman–Crippen MR) is 95.2 cm³/mol. The average Bonchev–Trinajstić information content (AvgIpc) is 2.53. The van der Waals surface area contributed by atoms with Gasteiger partial charge in [-0.1, -0.05) is 17.7 Å². The van der Waals surface area contributed by atoms with E-state index < -0.39 is 0 Å². The molecule has 2 amide bonds. The van der Waals surface area contributed by atoms with E-state index in [1.807, 2.05) is 6.92 Å². The van der Waals surface area contributed by atoms with Crippen molar-refractivity contribution >= 4 is 29.0 Å². The number of halogens is 2. The molecule has 0 bridgehead atoms. The van der Waals surface area contributed by atoms with Gasteiger partial charge in [0.25, 0.3) is 0 Å². The second kappa shape index (κ2) is 8.49. The normalized spacial score (nSPS) is 10.3. The lowest BCUT2D eigenvalue weighted by atomic mass is 10.2. The number of pyridine rings is 1. The summed E-state index contributed by atoms with van der Waals surface area (Å²) in [7, 11) is 0. The van der Waals surface area contributed by atoms with Crippen LogP contribution in [0.25, 0.3) is 0 Å². The van der Waals surface area contributed by atoms with E-state index in [9.17, 15) is 9.18 Å². The zero-order chi connectivity index (χ0) is 17.5. The lowest BCUT2D eigenvalue weighted by Gasteiger charge is -2.11. The van der Waals surface area contributed by atoms with Crippen LogP contribution in [0.15, 0.2) is 30.6 Å². The SMILES string of the molecule is Cc1ccc(NC(=O)NCCCNc2c(C)cncc2Cl)cc1F. The topological polar surface area (TPSA) is 66.1 Å². The maximum Gasteiger partial charge on any atom is 0.319 e. The number of rotatable bonds is 6. The third kappa shape index (κ3) is 5.09. The number of urea groups is 1. The third-order valence-corrected chi connectivity index (χ3v) is 3.75. The maximum absolute atomic E-state index is 13.4. The summed E-state index contributed by atoms with van der Waals surface area (Å²) >= 11 is 6.07. The van der Waals surface area contributed by atoms with Crippen LogP contribution in [0.5, 0.6) is 0 Å². The number of carbonyl (C=O) groups excluding carboxylic acids is 1. The molecule has 0 unspecified atom stereocenters. The van der Waals surface area contributed by atoms with Crippen molar-refractivity contribution in [2.75, 3.05) is 23.7 Å². The fourth-order valence-electron chi connectivity index (χ4n) is 2.11. The van der Waals surface area contributed by atoms with Gasteiger partial charge >= 0.3 is 6.03 Å². The van der Waals surface area contributed by atoms with Crippen molar-refractivity contribution in [2.45, 2.75) is 20.3 Å². The second-order valence-electron chi connectivity index (χ2n) is 5.44. The highest BCUT2D eigenvalue weighted by molar-refractivity contribution is 6.33. The molecule has 0 saturated heterocycles. The van der Waals surface area contributed by atoms with Crippen LogP contribution in [0.3, 0.4) is 0 Å². The molecule has 5 nitrogen and oxygen atoms in total. The standard InChI is InChI=1S/C17H20ClFN4O/c1-11-4-5-13(8-15(11)19)23-17(24)22-7-3-6-21-16-12(2)9-20-10-14(16)18/h4-5,8-10H,3,6-7H2,1-2H3,(H,20,21)(H2,22,23,24). The average molecular weight is 351 g/mol. The summed E-state index contributed by atoms with van der Waals surface area (Å²) in [6, 6.07) is 4.21. The van der Waals surface area contributed by atoms with E-state index in [1.54, 1.807) is 31.5 Å². The molecule has 0 aliphatic heterocycles. The molecular formula is C17H20ClFN4O. The van der Waals surface area contributed by atoms with Gasteiger partial charge < -0.3 is 16.0 Å². The van der Waals surface area contributed by atoms with E-state index in [-0.39, 0.29) is 11.8 Å². The molecule has 7 heteroatoms. The Balaban J connectivity index is 1.70. The zero-order valence-corrected chi connectivity index (χ0v) is 14.4. The Bertz CT molecular complexity index is 703. The summed E-state index contributed by atoms with van der Waals surface area (Å²) in [6.45, 7) is 4.73. The Kier molecular flexibility index (Phi) is 6.37. The molecule has 1 aromatic carbocycles. The van der Waals surface area contributed by atoms with Crippen molar-refractivity contribution in [2.24, 2.45) is 0 Å². The van der Waals surface area contributed by atoms with Crippen molar-refractivity contribution in [3.63, 3.8) is 0 Å². The van der Waals surface area contributed by atoms with Gasteiger partial charge in [-0.3, -0.25) is 4.98 Å². The Hall–Kier alpha value is -2.34. The summed E-state index contributed by atoms with van der Waals surface area (Å²) < 4.78 is 13.4. The number of hydrogen-bond donors (Lipinski definition) is 3. The fourth-order valence-corrected chi connectivity index (χ4v) is 2.38. The number of hydrogen-bond acceptors (Lipinski definition) is 3. The first-order chi connectivity index (χ1) is 11.5. The fraction of sp³-hybridized carbons (Fsp3) is 0.294. The smallest absolute Gasteiger partial charge is 0.319 e. The number of anilines is 2. The Labute approximate surface area is 145 Å². The van der Waals surface area contributed by atoms with Gasteiger partial charge in [-0.05, 0) is 43.5 Å². The molecule has 0 atom stereocenters. The summed E-state index contributed by atoms with van der Waals surface area (Å²) in [4.78, 5) is 15.8. The van der Waals surface area contributed by atoms with Crippen LogP contribution in [0.4, 0.5) is 20.6 Å². The van der Waals surface area contributed by atoms with Crippen molar-refractivity contribution in [3.05, 3.63) is 52.6 Å². The number of aromatic nitrogens is 1. The van der Waals surface area contributed by atoms with Crippen LogP contribution in [0.1, 0.15) is 17.5 Å². The molecule has 1 heterocycles. The number of nitrogens with zero attached hydrogens (tertiary/aromatic N) is 1. The molecule has 0 radical (unpaired) electrons. The zero-order valence-electron chi connectivity index (χ0n) is 13.6. The maximum atomic E-state index is 13.4. The molecule has 0 spiro atoms. The van der Waals surface area contributed by atoms with Gasteiger partial charge in [0.15, 0.2) is 0 Å². The second-order valence-corrected chi connectivity index (χ2v) is 5.85. The quantitative estimate of drug-likeness (QED) is 0.687. The van der Waals surface area contributed by atoms with E-state index in [2.05, 4.69) is 20.9 Å². The van der Waals surface area contributed by atoms with Crippen LogP contribution in [0.2, 0.25) is 5.02 Å². The molecular weight excluding hydrogens is 331 g/mol. The van der Waals surface area contributed by atoms with Crippen molar-refractivity contribution in [1.29, 1.82) is 0 Å². The molecule has 0 saturated carbocycles. The van der Waals surface area contributed by atoms with Gasteiger partial charge in [0.05, 0.1) is 10.7 Å². The Morgan fingerprint density at radius 2 is 2.00 bits per heavy atom. The Morgan fingerprint density at radius 1 is 1.21 bits per heavy atom. The molecule has 0 fully saturated rings. The van der Waals surface area contributed by atoms with E-state index in [4.69, 9.17) is 11.6 Å². The number of nitrogens with one attached hydrogen (secondary N) is 3. The van der Waals surface area contributed by atoms with Crippen LogP contribution >= 0.6 is 11.6 Å². The molecule has 2 rings (SSSR count). The highest BCUT2D eigenvalue weighted by Gasteiger charge is 2.05. The van der Waals surface area contributed by atoms with Crippen molar-refractivity contribution < 1.29 is 9.18 Å². The van der Waals surface area contributed by atoms with Crippen LogP contribution in [-0.2, 0) is 0 Å². The molecule has 128 valence electrons. The van der Waals surface area contributed by atoms with Gasteiger partial charge in [0.2, 0.25) is 0 Å². The number of aryl methyl sites for hydroxylation is 2. The predicted octanol–water partition coefficient (Wildman–Crippen LogP) is 4.11. The summed E-state index contributed by atoms with van der Waals surface area (Å²) in [5.74, 6) is -0.346. The summed E-state index contributed by atoms with van der Waals surface area (Å²) in [6.07, 6.45) is 4.04. The first kappa shape index (κ1) is 18.0. The first-order valence-electron chi connectivity index (χ1n) is 7.62. The largest absolute Gasteiger partial charge is 0.383 e. The van der Waals surface area contributed by atoms with Crippen LogP contribution in [0, 0.1) is 19.7 Å². The lowest BCUT2D eigenvalue weighted by Crippen LogP contribution is -2.30. The molecule has 1 aromatic heterocycles. The third-order valence-electron chi connectivity index (χ3n) is 3.46. The molecule has 0 aliphatic rings. The number of benzene rings is 1. The molecule has 3 N–H and O–H groups in total. The minimum atomic E-state index is -0.364. The van der Waals surface area contributed by atoms with Gasteiger partial charge in [0.1, 0.15) is 5.82 Å². The van der Waals surface area contributed by atoms with Gasteiger partial charge in [-0.15, -0.1) is 0 Å². The van der Waals surface area contributed by atoms with Crippen LogP contribution < -0.4 is 16.0 Å². The summed E-state index contributed by atoms with van der Waals surface area (Å²) in [5, 5.41) is 9.12.